The molecule has 0 aliphatic carbocycles. The Morgan fingerprint density at radius 1 is 1.33 bits per heavy atom. The highest BCUT2D eigenvalue weighted by molar-refractivity contribution is 5.58. The molecule has 0 saturated heterocycles. The van der Waals surface area contributed by atoms with E-state index in [1.807, 2.05) is 6.07 Å². The van der Waals surface area contributed by atoms with Crippen LogP contribution < -0.4 is 15.8 Å². The lowest BCUT2D eigenvalue weighted by Gasteiger charge is -2.19. The maximum Gasteiger partial charge on any atom is 0.142 e. The second-order valence-corrected chi connectivity index (χ2v) is 5.14. The first-order chi connectivity index (χ1) is 8.54. The predicted octanol–water partition coefficient (Wildman–Crippen LogP) is 3.18. The number of nitrogens with one attached hydrogen (secondary N) is 1. The lowest BCUT2D eigenvalue weighted by atomic mass is 10.1. The molecule has 1 rings (SSSR count). The van der Waals surface area contributed by atoms with Crippen molar-refractivity contribution < 1.29 is 4.74 Å². The van der Waals surface area contributed by atoms with Crippen LogP contribution in [0.25, 0.3) is 0 Å². The maximum atomic E-state index is 6.05. The summed E-state index contributed by atoms with van der Waals surface area (Å²) in [7, 11) is 0. The third-order valence-electron chi connectivity index (χ3n) is 2.98. The molecule has 102 valence electrons. The van der Waals surface area contributed by atoms with Crippen molar-refractivity contribution in [3.05, 3.63) is 23.8 Å². The Morgan fingerprint density at radius 3 is 2.67 bits per heavy atom. The quantitative estimate of drug-likeness (QED) is 0.781. The van der Waals surface area contributed by atoms with Crippen LogP contribution in [-0.4, -0.2) is 19.2 Å². The van der Waals surface area contributed by atoms with Crippen molar-refractivity contribution >= 4 is 5.69 Å². The number of anilines is 1. The first-order valence-electron chi connectivity index (χ1n) is 6.77. The minimum Gasteiger partial charge on any atom is -0.491 e. The Labute approximate surface area is 111 Å². The Bertz CT molecular complexity index is 364. The van der Waals surface area contributed by atoms with Crippen molar-refractivity contribution in [2.75, 3.05) is 18.5 Å². The van der Waals surface area contributed by atoms with E-state index in [-0.39, 0.29) is 6.04 Å². The van der Waals surface area contributed by atoms with Crippen LogP contribution in [0.3, 0.4) is 0 Å². The average Bonchev–Trinajstić information content (AvgIpc) is 2.34. The van der Waals surface area contributed by atoms with E-state index < -0.39 is 0 Å². The van der Waals surface area contributed by atoms with Gasteiger partial charge in [0.15, 0.2) is 0 Å². The highest BCUT2D eigenvalue weighted by Crippen LogP contribution is 2.25. The molecule has 1 unspecified atom stereocenters. The molecular formula is C15H26N2O. The van der Waals surface area contributed by atoms with Crippen LogP contribution in [0.4, 0.5) is 5.69 Å². The minimum absolute atomic E-state index is 0.157. The summed E-state index contributed by atoms with van der Waals surface area (Å²) in [6, 6.07) is 6.36. The molecule has 0 heterocycles. The van der Waals surface area contributed by atoms with E-state index in [0.29, 0.717) is 5.92 Å². The lowest BCUT2D eigenvalue weighted by molar-refractivity contribution is 0.318. The number of hydrogen-bond acceptors (Lipinski definition) is 3. The number of aryl methyl sites for hydroxylation is 1. The van der Waals surface area contributed by atoms with Gasteiger partial charge >= 0.3 is 0 Å². The van der Waals surface area contributed by atoms with E-state index in [9.17, 15) is 0 Å². The highest BCUT2D eigenvalue weighted by atomic mass is 16.5. The molecular weight excluding hydrogens is 224 g/mol. The molecule has 0 fully saturated rings. The van der Waals surface area contributed by atoms with Gasteiger partial charge in [0, 0.05) is 12.6 Å². The van der Waals surface area contributed by atoms with Crippen molar-refractivity contribution in [3.63, 3.8) is 0 Å². The molecule has 0 radical (unpaired) electrons. The third-order valence-corrected chi connectivity index (χ3v) is 2.98. The summed E-state index contributed by atoms with van der Waals surface area (Å²) in [5, 5.41) is 3.39. The number of ether oxygens (including phenoxy) is 1. The summed E-state index contributed by atoms with van der Waals surface area (Å²) in [6.45, 7) is 9.97. The fraction of sp³-hybridized carbons (Fsp3) is 0.600. The van der Waals surface area contributed by atoms with Gasteiger partial charge in [0.2, 0.25) is 0 Å². The predicted molar refractivity (Wildman–Crippen MR) is 78.3 cm³/mol. The number of hydrogen-bond donors (Lipinski definition) is 2. The second kappa shape index (κ2) is 7.27. The highest BCUT2D eigenvalue weighted by Gasteiger charge is 2.09. The van der Waals surface area contributed by atoms with E-state index in [2.05, 4.69) is 45.1 Å². The Morgan fingerprint density at radius 2 is 2.06 bits per heavy atom. The van der Waals surface area contributed by atoms with Gasteiger partial charge < -0.3 is 15.8 Å². The monoisotopic (exact) mass is 250 g/mol. The van der Waals surface area contributed by atoms with Crippen molar-refractivity contribution in [1.29, 1.82) is 0 Å². The van der Waals surface area contributed by atoms with Gasteiger partial charge in [-0.2, -0.15) is 0 Å². The van der Waals surface area contributed by atoms with Crippen LogP contribution in [0.5, 0.6) is 5.75 Å². The van der Waals surface area contributed by atoms with Crippen molar-refractivity contribution in [1.82, 2.24) is 0 Å². The summed E-state index contributed by atoms with van der Waals surface area (Å²) < 4.78 is 5.73. The zero-order chi connectivity index (χ0) is 13.5. The molecule has 0 saturated carbocycles. The van der Waals surface area contributed by atoms with E-state index in [0.717, 1.165) is 31.0 Å². The van der Waals surface area contributed by atoms with Crippen LogP contribution in [0, 0.1) is 12.8 Å². The fourth-order valence-electron chi connectivity index (χ4n) is 1.58. The zero-order valence-corrected chi connectivity index (χ0v) is 12.0. The van der Waals surface area contributed by atoms with Crippen molar-refractivity contribution in [2.45, 2.75) is 40.2 Å². The van der Waals surface area contributed by atoms with Gasteiger partial charge in [0.25, 0.3) is 0 Å². The molecule has 18 heavy (non-hydrogen) atoms. The first kappa shape index (κ1) is 14.8. The molecule has 0 aromatic heterocycles. The molecule has 1 aromatic rings. The van der Waals surface area contributed by atoms with Crippen LogP contribution in [0.15, 0.2) is 18.2 Å². The summed E-state index contributed by atoms with van der Waals surface area (Å²) in [6.07, 6.45) is 1.01. The molecule has 1 atom stereocenters. The fourth-order valence-corrected chi connectivity index (χ4v) is 1.58. The van der Waals surface area contributed by atoms with Gasteiger partial charge in [0.1, 0.15) is 5.75 Å². The van der Waals surface area contributed by atoms with Crippen LogP contribution >= 0.6 is 0 Å². The Kier molecular flexibility index (Phi) is 5.99. The van der Waals surface area contributed by atoms with Gasteiger partial charge in [-0.05, 0) is 37.0 Å². The van der Waals surface area contributed by atoms with Crippen LogP contribution in [0.2, 0.25) is 0 Å². The standard InChI is InChI=1S/C15H26N2O/c1-5-8-18-15-7-6-12(4)9-14(15)17-10-13(16)11(2)3/h6-7,9,11,13,17H,5,8,10,16H2,1-4H3. The molecule has 3 N–H and O–H groups in total. The Balaban J connectivity index is 2.69. The summed E-state index contributed by atoms with van der Waals surface area (Å²) in [5.74, 6) is 1.39. The third kappa shape index (κ3) is 4.57. The van der Waals surface area contributed by atoms with Gasteiger partial charge in [-0.15, -0.1) is 0 Å². The topological polar surface area (TPSA) is 47.3 Å². The SMILES string of the molecule is CCCOc1ccc(C)cc1NCC(N)C(C)C. The van der Waals surface area contributed by atoms with E-state index in [1.165, 1.54) is 5.56 Å². The average molecular weight is 250 g/mol. The normalized spacial score (nSPS) is 12.6. The van der Waals surface area contributed by atoms with Gasteiger partial charge in [-0.25, -0.2) is 0 Å². The van der Waals surface area contributed by atoms with Gasteiger partial charge in [-0.1, -0.05) is 26.8 Å². The number of benzene rings is 1. The maximum absolute atomic E-state index is 6.05. The molecule has 0 bridgehead atoms. The van der Waals surface area contributed by atoms with E-state index >= 15 is 0 Å². The van der Waals surface area contributed by atoms with Gasteiger partial charge in [0.05, 0.1) is 12.3 Å². The summed E-state index contributed by atoms with van der Waals surface area (Å²) in [4.78, 5) is 0. The second-order valence-electron chi connectivity index (χ2n) is 5.14. The molecule has 3 heteroatoms. The van der Waals surface area contributed by atoms with Crippen molar-refractivity contribution in [3.8, 4) is 5.75 Å². The summed E-state index contributed by atoms with van der Waals surface area (Å²) in [5.41, 5.74) is 8.31. The minimum atomic E-state index is 0.157. The molecule has 0 amide bonds. The van der Waals surface area contributed by atoms with E-state index in [4.69, 9.17) is 10.5 Å². The Hall–Kier alpha value is -1.22. The number of nitrogens with two attached hydrogens (primary N) is 1. The lowest BCUT2D eigenvalue weighted by Crippen LogP contribution is -2.34. The molecule has 3 nitrogen and oxygen atoms in total. The van der Waals surface area contributed by atoms with E-state index in [1.54, 1.807) is 0 Å². The molecule has 0 aliphatic rings. The smallest absolute Gasteiger partial charge is 0.142 e. The molecule has 0 aliphatic heterocycles. The zero-order valence-electron chi connectivity index (χ0n) is 12.0. The van der Waals surface area contributed by atoms with Crippen LogP contribution in [0.1, 0.15) is 32.8 Å². The molecule has 1 aromatic carbocycles. The number of rotatable bonds is 7. The van der Waals surface area contributed by atoms with Crippen molar-refractivity contribution in [2.24, 2.45) is 11.7 Å². The van der Waals surface area contributed by atoms with Crippen LogP contribution in [-0.2, 0) is 0 Å². The first-order valence-corrected chi connectivity index (χ1v) is 6.77. The largest absolute Gasteiger partial charge is 0.491 e. The molecule has 0 spiro atoms. The van der Waals surface area contributed by atoms with Gasteiger partial charge in [-0.3, -0.25) is 0 Å². The summed E-state index contributed by atoms with van der Waals surface area (Å²) >= 11 is 0.